The van der Waals surface area contributed by atoms with Gasteiger partial charge in [-0.2, -0.15) is 0 Å². The largest absolute Gasteiger partial charge is 0.396 e. The van der Waals surface area contributed by atoms with Crippen LogP contribution in [0.5, 0.6) is 0 Å². The highest BCUT2D eigenvalue weighted by atomic mass is 16.3. The van der Waals surface area contributed by atoms with Crippen LogP contribution in [0, 0.1) is 5.92 Å². The van der Waals surface area contributed by atoms with Gasteiger partial charge in [0.05, 0.1) is 0 Å². The van der Waals surface area contributed by atoms with Gasteiger partial charge in [-0.1, -0.05) is 0 Å². The third-order valence-corrected chi connectivity index (χ3v) is 2.87. The molecule has 1 rings (SSSR count). The molecule has 0 bridgehead atoms. The summed E-state index contributed by atoms with van der Waals surface area (Å²) in [6.45, 7) is 5.05. The number of nitrogens with one attached hydrogen (secondary N) is 1. The van der Waals surface area contributed by atoms with Crippen LogP contribution in [0.4, 0.5) is 0 Å². The number of aliphatic hydroxyl groups is 1. The van der Waals surface area contributed by atoms with Crippen LogP contribution in [0.3, 0.4) is 0 Å². The molecule has 0 aromatic heterocycles. The Bertz CT molecular complexity index is 119. The van der Waals surface area contributed by atoms with E-state index in [-0.39, 0.29) is 0 Å². The Morgan fingerprint density at radius 3 is 2.62 bits per heavy atom. The zero-order chi connectivity index (χ0) is 9.52. The van der Waals surface area contributed by atoms with Gasteiger partial charge in [-0.05, 0) is 58.4 Å². The number of rotatable bonds is 5. The van der Waals surface area contributed by atoms with E-state index in [2.05, 4.69) is 10.2 Å². The van der Waals surface area contributed by atoms with Crippen molar-refractivity contribution in [1.29, 1.82) is 0 Å². The van der Waals surface area contributed by atoms with E-state index in [1.165, 1.54) is 38.9 Å². The molecular weight excluding hydrogens is 164 g/mol. The van der Waals surface area contributed by atoms with E-state index in [0.29, 0.717) is 12.5 Å². The van der Waals surface area contributed by atoms with Crippen LogP contribution in [0.1, 0.15) is 19.3 Å². The zero-order valence-electron chi connectivity index (χ0n) is 8.63. The van der Waals surface area contributed by atoms with Gasteiger partial charge in [0.25, 0.3) is 0 Å². The molecule has 13 heavy (non-hydrogen) atoms. The van der Waals surface area contributed by atoms with Crippen molar-refractivity contribution in [1.82, 2.24) is 10.2 Å². The third-order valence-electron chi connectivity index (χ3n) is 2.87. The Kier molecular flexibility index (Phi) is 5.35. The van der Waals surface area contributed by atoms with Crippen LogP contribution >= 0.6 is 0 Å². The second-order valence-electron chi connectivity index (χ2n) is 3.92. The molecule has 0 aromatic rings. The van der Waals surface area contributed by atoms with Crippen molar-refractivity contribution in [2.75, 3.05) is 39.8 Å². The fourth-order valence-corrected chi connectivity index (χ4v) is 1.87. The summed E-state index contributed by atoms with van der Waals surface area (Å²) in [5.41, 5.74) is 0. The van der Waals surface area contributed by atoms with Crippen molar-refractivity contribution in [3.8, 4) is 0 Å². The Balaban J connectivity index is 2.03. The SMILES string of the molecule is CNCCCN1CCC(CO)CC1. The molecule has 0 radical (unpaired) electrons. The highest BCUT2D eigenvalue weighted by Gasteiger charge is 2.17. The van der Waals surface area contributed by atoms with Crippen LogP contribution < -0.4 is 5.32 Å². The predicted molar refractivity (Wildman–Crippen MR) is 54.8 cm³/mol. The smallest absolute Gasteiger partial charge is 0.0460 e. The van der Waals surface area contributed by atoms with Crippen molar-refractivity contribution in [2.45, 2.75) is 19.3 Å². The summed E-state index contributed by atoms with van der Waals surface area (Å²) in [7, 11) is 2.00. The van der Waals surface area contributed by atoms with Gasteiger partial charge in [0, 0.05) is 6.61 Å². The average Bonchev–Trinajstić information content (AvgIpc) is 2.19. The van der Waals surface area contributed by atoms with E-state index >= 15 is 0 Å². The minimum Gasteiger partial charge on any atom is -0.396 e. The van der Waals surface area contributed by atoms with Gasteiger partial charge >= 0.3 is 0 Å². The van der Waals surface area contributed by atoms with Gasteiger partial charge in [-0.25, -0.2) is 0 Å². The lowest BCUT2D eigenvalue weighted by Crippen LogP contribution is -2.36. The molecule has 0 aromatic carbocycles. The van der Waals surface area contributed by atoms with Gasteiger partial charge in [0.1, 0.15) is 0 Å². The molecule has 1 aliphatic heterocycles. The van der Waals surface area contributed by atoms with Gasteiger partial charge in [-0.15, -0.1) is 0 Å². The molecule has 1 saturated heterocycles. The van der Waals surface area contributed by atoms with E-state index in [1.54, 1.807) is 0 Å². The van der Waals surface area contributed by atoms with Crippen molar-refractivity contribution >= 4 is 0 Å². The van der Waals surface area contributed by atoms with E-state index in [0.717, 1.165) is 6.54 Å². The lowest BCUT2D eigenvalue weighted by atomic mass is 9.98. The number of likely N-dealkylation sites (tertiary alicyclic amines) is 1. The lowest BCUT2D eigenvalue weighted by Gasteiger charge is -2.30. The van der Waals surface area contributed by atoms with Gasteiger partial charge < -0.3 is 15.3 Å². The van der Waals surface area contributed by atoms with Crippen molar-refractivity contribution in [3.05, 3.63) is 0 Å². The van der Waals surface area contributed by atoms with Gasteiger partial charge in [-0.3, -0.25) is 0 Å². The van der Waals surface area contributed by atoms with Crippen LogP contribution in [0.25, 0.3) is 0 Å². The summed E-state index contributed by atoms with van der Waals surface area (Å²) in [6.07, 6.45) is 3.59. The zero-order valence-corrected chi connectivity index (χ0v) is 8.63. The molecule has 0 aliphatic carbocycles. The van der Waals surface area contributed by atoms with Crippen LogP contribution in [-0.2, 0) is 0 Å². The normalized spacial score (nSPS) is 20.8. The Morgan fingerprint density at radius 1 is 1.38 bits per heavy atom. The van der Waals surface area contributed by atoms with E-state index < -0.39 is 0 Å². The molecule has 0 amide bonds. The molecule has 3 heteroatoms. The molecule has 0 unspecified atom stereocenters. The molecule has 0 saturated carbocycles. The van der Waals surface area contributed by atoms with Crippen LogP contribution in [0.2, 0.25) is 0 Å². The molecule has 0 atom stereocenters. The number of piperidine rings is 1. The summed E-state index contributed by atoms with van der Waals surface area (Å²) in [5.74, 6) is 0.570. The number of hydrogen-bond donors (Lipinski definition) is 2. The van der Waals surface area contributed by atoms with E-state index in [4.69, 9.17) is 5.11 Å². The summed E-state index contributed by atoms with van der Waals surface area (Å²) in [5, 5.41) is 12.1. The van der Waals surface area contributed by atoms with Crippen molar-refractivity contribution < 1.29 is 5.11 Å². The van der Waals surface area contributed by atoms with Gasteiger partial charge in [0.2, 0.25) is 0 Å². The first-order chi connectivity index (χ1) is 6.36. The van der Waals surface area contributed by atoms with E-state index in [1.807, 2.05) is 7.05 Å². The summed E-state index contributed by atoms with van der Waals surface area (Å²) >= 11 is 0. The first-order valence-electron chi connectivity index (χ1n) is 5.34. The second-order valence-corrected chi connectivity index (χ2v) is 3.92. The standard InChI is InChI=1S/C10H22N2O/c1-11-5-2-6-12-7-3-10(9-13)4-8-12/h10-11,13H,2-9H2,1H3. The first kappa shape index (κ1) is 11.0. The van der Waals surface area contributed by atoms with Crippen LogP contribution in [-0.4, -0.2) is 49.8 Å². The molecule has 3 nitrogen and oxygen atoms in total. The quantitative estimate of drug-likeness (QED) is 0.606. The van der Waals surface area contributed by atoms with Crippen molar-refractivity contribution in [2.24, 2.45) is 5.92 Å². The monoisotopic (exact) mass is 186 g/mol. The summed E-state index contributed by atoms with van der Waals surface area (Å²) in [4.78, 5) is 2.50. The minimum absolute atomic E-state index is 0.379. The number of hydrogen-bond acceptors (Lipinski definition) is 3. The fourth-order valence-electron chi connectivity index (χ4n) is 1.87. The van der Waals surface area contributed by atoms with Crippen LogP contribution in [0.15, 0.2) is 0 Å². The third kappa shape index (κ3) is 4.07. The summed E-state index contributed by atoms with van der Waals surface area (Å²) < 4.78 is 0. The lowest BCUT2D eigenvalue weighted by molar-refractivity contribution is 0.131. The maximum absolute atomic E-state index is 8.96. The topological polar surface area (TPSA) is 35.5 Å². The molecule has 1 heterocycles. The maximum atomic E-state index is 8.96. The Hall–Kier alpha value is -0.120. The average molecular weight is 186 g/mol. The Labute approximate surface area is 81.1 Å². The predicted octanol–water partition coefficient (Wildman–Crippen LogP) is 0.300. The first-order valence-corrected chi connectivity index (χ1v) is 5.34. The molecular formula is C10H22N2O. The fraction of sp³-hybridized carbons (Fsp3) is 1.00. The highest BCUT2D eigenvalue weighted by molar-refractivity contribution is 4.71. The second kappa shape index (κ2) is 6.35. The Morgan fingerprint density at radius 2 is 2.08 bits per heavy atom. The number of aliphatic hydroxyl groups excluding tert-OH is 1. The maximum Gasteiger partial charge on any atom is 0.0460 e. The summed E-state index contributed by atoms with van der Waals surface area (Å²) in [6, 6.07) is 0. The van der Waals surface area contributed by atoms with E-state index in [9.17, 15) is 0 Å². The molecule has 78 valence electrons. The van der Waals surface area contributed by atoms with Crippen molar-refractivity contribution in [3.63, 3.8) is 0 Å². The highest BCUT2D eigenvalue weighted by Crippen LogP contribution is 2.15. The number of nitrogens with zero attached hydrogens (tertiary/aromatic N) is 1. The molecule has 0 spiro atoms. The molecule has 1 aliphatic rings. The van der Waals surface area contributed by atoms with Gasteiger partial charge in [0.15, 0.2) is 0 Å². The molecule has 1 fully saturated rings. The minimum atomic E-state index is 0.379. The molecule has 2 N–H and O–H groups in total.